The molecule has 2 aliphatic heterocycles. The number of halogens is 1. The Morgan fingerprint density at radius 1 is 1.23 bits per heavy atom. The fourth-order valence-corrected chi connectivity index (χ4v) is 3.99. The van der Waals surface area contributed by atoms with Gasteiger partial charge in [0, 0.05) is 11.8 Å². The van der Waals surface area contributed by atoms with Gasteiger partial charge in [-0.05, 0) is 55.9 Å². The van der Waals surface area contributed by atoms with Gasteiger partial charge in [-0.3, -0.25) is 4.90 Å². The first-order valence-corrected chi connectivity index (χ1v) is 10.0. The highest BCUT2D eigenvalue weighted by atomic mass is 32.1. The number of rotatable bonds is 4. The van der Waals surface area contributed by atoms with Crippen LogP contribution in [-0.2, 0) is 9.53 Å². The van der Waals surface area contributed by atoms with Crippen LogP contribution in [0.25, 0.3) is 0 Å². The summed E-state index contributed by atoms with van der Waals surface area (Å²) in [5, 5.41) is 3.55. The molecule has 1 N–H and O–H groups in total. The van der Waals surface area contributed by atoms with Gasteiger partial charge in [-0.15, -0.1) is 0 Å². The second kappa shape index (κ2) is 8.31. The molecule has 156 valence electrons. The maximum Gasteiger partial charge on any atom is 0.338 e. The lowest BCUT2D eigenvalue weighted by molar-refractivity contribution is -0.139. The first-order chi connectivity index (χ1) is 14.5. The van der Waals surface area contributed by atoms with E-state index in [4.69, 9.17) is 26.4 Å². The molecular formula is C22H21FN2O4S. The van der Waals surface area contributed by atoms with E-state index in [1.165, 1.54) is 12.1 Å². The van der Waals surface area contributed by atoms with Crippen LogP contribution in [0.5, 0.6) is 11.5 Å². The molecule has 4 rings (SSSR count). The van der Waals surface area contributed by atoms with Crippen LogP contribution in [0, 0.1) is 5.82 Å². The maximum absolute atomic E-state index is 13.9. The van der Waals surface area contributed by atoms with E-state index in [-0.39, 0.29) is 6.61 Å². The Bertz CT molecular complexity index is 1040. The van der Waals surface area contributed by atoms with Crippen LogP contribution < -0.4 is 19.7 Å². The molecule has 0 fully saturated rings. The lowest BCUT2D eigenvalue weighted by Crippen LogP contribution is -2.48. The minimum atomic E-state index is -0.624. The minimum Gasteiger partial charge on any atom is -0.486 e. The maximum atomic E-state index is 13.9. The molecule has 0 spiro atoms. The summed E-state index contributed by atoms with van der Waals surface area (Å²) in [6.07, 6.45) is 0. The van der Waals surface area contributed by atoms with Gasteiger partial charge in [-0.2, -0.15) is 0 Å². The summed E-state index contributed by atoms with van der Waals surface area (Å²) < 4.78 is 30.4. The molecule has 30 heavy (non-hydrogen) atoms. The number of anilines is 1. The van der Waals surface area contributed by atoms with Gasteiger partial charge in [0.2, 0.25) is 0 Å². The minimum absolute atomic E-state index is 0.222. The third-order valence-corrected chi connectivity index (χ3v) is 5.25. The summed E-state index contributed by atoms with van der Waals surface area (Å²) in [6, 6.07) is 10.9. The molecule has 8 heteroatoms. The Balaban J connectivity index is 1.81. The summed E-state index contributed by atoms with van der Waals surface area (Å²) in [5.74, 6) is 0.391. The van der Waals surface area contributed by atoms with Crippen molar-refractivity contribution in [1.29, 1.82) is 0 Å². The van der Waals surface area contributed by atoms with Gasteiger partial charge in [-0.25, -0.2) is 9.18 Å². The van der Waals surface area contributed by atoms with Crippen molar-refractivity contribution in [2.75, 3.05) is 24.7 Å². The van der Waals surface area contributed by atoms with Crippen molar-refractivity contribution < 1.29 is 23.4 Å². The van der Waals surface area contributed by atoms with E-state index < -0.39 is 17.8 Å². The lowest BCUT2D eigenvalue weighted by Gasteiger charge is -2.37. The van der Waals surface area contributed by atoms with E-state index in [0.29, 0.717) is 52.3 Å². The van der Waals surface area contributed by atoms with Crippen molar-refractivity contribution in [1.82, 2.24) is 5.32 Å². The summed E-state index contributed by atoms with van der Waals surface area (Å²) in [6.45, 7) is 4.72. The van der Waals surface area contributed by atoms with Gasteiger partial charge in [0.05, 0.1) is 23.9 Å². The Labute approximate surface area is 179 Å². The van der Waals surface area contributed by atoms with E-state index in [1.54, 1.807) is 30.9 Å². The topological polar surface area (TPSA) is 60.0 Å². The van der Waals surface area contributed by atoms with Gasteiger partial charge in [-0.1, -0.05) is 12.1 Å². The number of thiocarbonyl (C=S) groups is 1. The molecule has 2 heterocycles. The van der Waals surface area contributed by atoms with E-state index in [0.717, 1.165) is 0 Å². The van der Waals surface area contributed by atoms with Crippen LogP contribution in [0.2, 0.25) is 0 Å². The van der Waals surface area contributed by atoms with Crippen molar-refractivity contribution >= 4 is 29.0 Å². The number of ether oxygens (including phenoxy) is 3. The number of nitrogens with zero attached hydrogens (tertiary/aromatic N) is 1. The zero-order valence-electron chi connectivity index (χ0n) is 16.6. The second-order valence-corrected chi connectivity index (χ2v) is 7.21. The Morgan fingerprint density at radius 3 is 2.73 bits per heavy atom. The number of hydrogen-bond acceptors (Lipinski definition) is 5. The zero-order valence-corrected chi connectivity index (χ0v) is 17.4. The highest BCUT2D eigenvalue weighted by molar-refractivity contribution is 7.80. The fourth-order valence-electron chi connectivity index (χ4n) is 3.63. The number of carbonyl (C=O) groups is 1. The fraction of sp³-hybridized carbons (Fsp3) is 0.273. The average Bonchev–Trinajstić information content (AvgIpc) is 2.73. The molecule has 2 aromatic rings. The lowest BCUT2D eigenvalue weighted by atomic mass is 9.94. The Kier molecular flexibility index (Phi) is 5.59. The number of fused-ring (bicyclic) bond motifs is 1. The van der Waals surface area contributed by atoms with E-state index in [1.807, 2.05) is 18.2 Å². The number of esters is 1. The predicted molar refractivity (Wildman–Crippen MR) is 114 cm³/mol. The molecule has 6 nitrogen and oxygen atoms in total. The van der Waals surface area contributed by atoms with Gasteiger partial charge in [0.25, 0.3) is 0 Å². The van der Waals surface area contributed by atoms with Crippen molar-refractivity contribution in [2.24, 2.45) is 0 Å². The largest absolute Gasteiger partial charge is 0.486 e. The molecule has 0 amide bonds. The summed E-state index contributed by atoms with van der Waals surface area (Å²) in [7, 11) is 0. The van der Waals surface area contributed by atoms with Crippen LogP contribution in [0.3, 0.4) is 0 Å². The van der Waals surface area contributed by atoms with Crippen molar-refractivity contribution in [3.8, 4) is 11.5 Å². The third kappa shape index (κ3) is 3.70. The Morgan fingerprint density at radius 2 is 2.00 bits per heavy atom. The molecule has 0 aliphatic carbocycles. The smallest absolute Gasteiger partial charge is 0.338 e. The molecule has 0 aromatic heterocycles. The van der Waals surface area contributed by atoms with Gasteiger partial charge < -0.3 is 19.5 Å². The first kappa shape index (κ1) is 20.2. The van der Waals surface area contributed by atoms with Crippen LogP contribution >= 0.6 is 12.2 Å². The molecule has 0 saturated carbocycles. The zero-order chi connectivity index (χ0) is 21.3. The quantitative estimate of drug-likeness (QED) is 0.586. The first-order valence-electron chi connectivity index (χ1n) is 9.63. The van der Waals surface area contributed by atoms with Crippen LogP contribution in [0.1, 0.15) is 25.5 Å². The number of hydrogen-bond donors (Lipinski definition) is 1. The normalized spacial score (nSPS) is 18.2. The molecule has 2 aliphatic rings. The summed E-state index contributed by atoms with van der Waals surface area (Å²) in [5.41, 5.74) is 2.27. The highest BCUT2D eigenvalue weighted by Gasteiger charge is 2.36. The van der Waals surface area contributed by atoms with Gasteiger partial charge in [0.1, 0.15) is 19.0 Å². The summed E-state index contributed by atoms with van der Waals surface area (Å²) >= 11 is 5.62. The molecule has 0 unspecified atom stereocenters. The van der Waals surface area contributed by atoms with Gasteiger partial charge >= 0.3 is 5.97 Å². The SMILES string of the molecule is CCOC(=O)C1=C(C)N(c2ccc3c(c2)OCCO3)C(=S)N[C@@H]1c1cccc(F)c1. The van der Waals surface area contributed by atoms with Crippen LogP contribution in [0.15, 0.2) is 53.7 Å². The van der Waals surface area contributed by atoms with E-state index in [2.05, 4.69) is 5.32 Å². The van der Waals surface area contributed by atoms with Crippen molar-refractivity contribution in [2.45, 2.75) is 19.9 Å². The standard InChI is InChI=1S/C22H21FN2O4S/c1-3-27-21(26)19-13(2)25(16-7-8-17-18(12-16)29-10-9-28-17)22(30)24-20(19)14-5-4-6-15(23)11-14/h4-8,11-12,20H,3,9-10H2,1-2H3,(H,24,30)/t20-/m1/s1. The van der Waals surface area contributed by atoms with E-state index in [9.17, 15) is 9.18 Å². The van der Waals surface area contributed by atoms with Crippen molar-refractivity contribution in [3.63, 3.8) is 0 Å². The summed E-state index contributed by atoms with van der Waals surface area (Å²) in [4.78, 5) is 14.6. The van der Waals surface area contributed by atoms with Crippen LogP contribution in [0.4, 0.5) is 10.1 Å². The Hall–Kier alpha value is -3.13. The number of allylic oxidation sites excluding steroid dienone is 1. The van der Waals surface area contributed by atoms with E-state index >= 15 is 0 Å². The highest BCUT2D eigenvalue weighted by Crippen LogP contribution is 2.38. The molecule has 1 atom stereocenters. The molecule has 0 radical (unpaired) electrons. The molecular weight excluding hydrogens is 407 g/mol. The third-order valence-electron chi connectivity index (χ3n) is 4.95. The number of carbonyl (C=O) groups excluding carboxylic acids is 1. The molecule has 2 aromatic carbocycles. The monoisotopic (exact) mass is 428 g/mol. The number of benzene rings is 2. The molecule has 0 bridgehead atoms. The van der Waals surface area contributed by atoms with Crippen molar-refractivity contribution in [3.05, 3.63) is 65.1 Å². The number of nitrogens with one attached hydrogen (secondary N) is 1. The van der Waals surface area contributed by atoms with Gasteiger partial charge in [0.15, 0.2) is 16.6 Å². The van der Waals surface area contributed by atoms with Crippen LogP contribution in [-0.4, -0.2) is 30.9 Å². The predicted octanol–water partition coefficient (Wildman–Crippen LogP) is 3.87. The average molecular weight is 428 g/mol. The second-order valence-electron chi connectivity index (χ2n) is 6.82. The molecule has 0 saturated heterocycles.